The zero-order chi connectivity index (χ0) is 14.7. The number of likely N-dealkylation sites (tertiary alicyclic amines) is 2. The molecule has 4 nitrogen and oxygen atoms in total. The van der Waals surface area contributed by atoms with Crippen molar-refractivity contribution >= 4 is 17.7 Å². The van der Waals surface area contributed by atoms with Crippen LogP contribution in [0, 0.1) is 0 Å². The van der Waals surface area contributed by atoms with E-state index in [4.69, 9.17) is 5.73 Å². The van der Waals surface area contributed by atoms with Gasteiger partial charge in [0.05, 0.1) is 0 Å². The summed E-state index contributed by atoms with van der Waals surface area (Å²) in [7, 11) is 0. The van der Waals surface area contributed by atoms with Gasteiger partial charge in [0.15, 0.2) is 0 Å². The molecule has 0 saturated carbocycles. The Labute approximate surface area is 126 Å². The fourth-order valence-corrected chi connectivity index (χ4v) is 3.23. The van der Waals surface area contributed by atoms with Crippen molar-refractivity contribution in [2.75, 3.05) is 31.9 Å². The molecule has 0 radical (unpaired) electrons. The summed E-state index contributed by atoms with van der Waals surface area (Å²) in [6, 6.07) is 8.13. The lowest BCUT2D eigenvalue weighted by molar-refractivity contribution is -0.125. The average molecular weight is 285 g/mol. The van der Waals surface area contributed by atoms with Crippen molar-refractivity contribution in [1.29, 1.82) is 0 Å². The van der Waals surface area contributed by atoms with Crippen molar-refractivity contribution in [2.45, 2.75) is 25.3 Å². The van der Waals surface area contributed by atoms with E-state index in [-0.39, 0.29) is 5.91 Å². The van der Waals surface area contributed by atoms with Gasteiger partial charge in [-0.2, -0.15) is 0 Å². The fourth-order valence-electron chi connectivity index (χ4n) is 3.23. The SMILES string of the molecule is Nc1ccc(/C=C/C(=O)N2CCC(N3CCCC3)C2)cc1. The van der Waals surface area contributed by atoms with Crippen LogP contribution in [-0.4, -0.2) is 47.9 Å². The largest absolute Gasteiger partial charge is 0.399 e. The molecule has 4 heteroatoms. The van der Waals surface area contributed by atoms with Gasteiger partial charge < -0.3 is 10.6 Å². The molecule has 2 aliphatic heterocycles. The van der Waals surface area contributed by atoms with E-state index in [0.717, 1.165) is 30.8 Å². The molecule has 3 rings (SSSR count). The Morgan fingerprint density at radius 2 is 1.86 bits per heavy atom. The minimum atomic E-state index is 0.119. The molecule has 0 bridgehead atoms. The molecule has 0 aromatic heterocycles. The highest BCUT2D eigenvalue weighted by Gasteiger charge is 2.30. The third-order valence-corrected chi connectivity index (χ3v) is 4.49. The Morgan fingerprint density at radius 3 is 2.57 bits per heavy atom. The molecule has 2 heterocycles. The normalized spacial score (nSPS) is 23.2. The summed E-state index contributed by atoms with van der Waals surface area (Å²) in [5, 5.41) is 0. The summed E-state index contributed by atoms with van der Waals surface area (Å²) in [4.78, 5) is 16.7. The number of carbonyl (C=O) groups is 1. The number of nitrogen functional groups attached to an aromatic ring is 1. The molecule has 2 aliphatic rings. The Hall–Kier alpha value is -1.81. The second-order valence-corrected chi connectivity index (χ2v) is 5.97. The van der Waals surface area contributed by atoms with Crippen LogP contribution >= 0.6 is 0 Å². The number of anilines is 1. The molecule has 2 N–H and O–H groups in total. The first kappa shape index (κ1) is 14.1. The lowest BCUT2D eigenvalue weighted by Crippen LogP contribution is -2.36. The van der Waals surface area contributed by atoms with E-state index in [0.29, 0.717) is 6.04 Å². The third-order valence-electron chi connectivity index (χ3n) is 4.49. The molecule has 112 valence electrons. The van der Waals surface area contributed by atoms with Crippen LogP contribution in [0.1, 0.15) is 24.8 Å². The summed E-state index contributed by atoms with van der Waals surface area (Å²) < 4.78 is 0. The van der Waals surface area contributed by atoms with E-state index in [1.54, 1.807) is 6.08 Å². The zero-order valence-electron chi connectivity index (χ0n) is 12.4. The number of benzene rings is 1. The summed E-state index contributed by atoms with van der Waals surface area (Å²) in [6.45, 7) is 4.17. The molecule has 2 saturated heterocycles. The van der Waals surface area contributed by atoms with Crippen molar-refractivity contribution in [1.82, 2.24) is 9.80 Å². The van der Waals surface area contributed by atoms with Crippen LogP contribution in [0.5, 0.6) is 0 Å². The van der Waals surface area contributed by atoms with Gasteiger partial charge in [-0.1, -0.05) is 12.1 Å². The molecule has 1 amide bonds. The van der Waals surface area contributed by atoms with Crippen LogP contribution < -0.4 is 5.73 Å². The predicted molar refractivity (Wildman–Crippen MR) is 85.7 cm³/mol. The third kappa shape index (κ3) is 3.45. The maximum atomic E-state index is 12.2. The molecule has 1 atom stereocenters. The Kier molecular flexibility index (Phi) is 4.25. The van der Waals surface area contributed by atoms with Crippen LogP contribution in [0.3, 0.4) is 0 Å². The number of carbonyl (C=O) groups excluding carboxylic acids is 1. The van der Waals surface area contributed by atoms with Crippen LogP contribution in [0.4, 0.5) is 5.69 Å². The Bertz CT molecular complexity index is 517. The van der Waals surface area contributed by atoms with Gasteiger partial charge in [0.1, 0.15) is 0 Å². The lowest BCUT2D eigenvalue weighted by atomic mass is 10.2. The van der Waals surface area contributed by atoms with Gasteiger partial charge >= 0.3 is 0 Å². The van der Waals surface area contributed by atoms with Crippen LogP contribution in [0.25, 0.3) is 6.08 Å². The van der Waals surface area contributed by atoms with Crippen LogP contribution in [0.15, 0.2) is 30.3 Å². The molecular weight excluding hydrogens is 262 g/mol. The number of hydrogen-bond donors (Lipinski definition) is 1. The first-order valence-corrected chi connectivity index (χ1v) is 7.79. The highest BCUT2D eigenvalue weighted by atomic mass is 16.2. The minimum Gasteiger partial charge on any atom is -0.399 e. The van der Waals surface area contributed by atoms with Crippen molar-refractivity contribution < 1.29 is 4.79 Å². The number of nitrogens with zero attached hydrogens (tertiary/aromatic N) is 2. The van der Waals surface area contributed by atoms with E-state index in [2.05, 4.69) is 4.90 Å². The number of amides is 1. The van der Waals surface area contributed by atoms with Crippen molar-refractivity contribution in [2.24, 2.45) is 0 Å². The second kappa shape index (κ2) is 6.31. The number of nitrogens with two attached hydrogens (primary N) is 1. The Morgan fingerprint density at radius 1 is 1.14 bits per heavy atom. The zero-order valence-corrected chi connectivity index (χ0v) is 12.4. The summed E-state index contributed by atoms with van der Waals surface area (Å²) in [5.74, 6) is 0.119. The van der Waals surface area contributed by atoms with Gasteiger partial charge in [0.2, 0.25) is 5.91 Å². The van der Waals surface area contributed by atoms with Crippen molar-refractivity contribution in [3.8, 4) is 0 Å². The standard InChI is InChI=1S/C17H23N3O/c18-15-6-3-14(4-7-15)5-8-17(21)20-12-9-16(13-20)19-10-1-2-11-19/h3-8,16H,1-2,9-13,18H2/b8-5+. The summed E-state index contributed by atoms with van der Waals surface area (Å²) >= 11 is 0. The van der Waals surface area contributed by atoms with Crippen molar-refractivity contribution in [3.63, 3.8) is 0 Å². The molecule has 1 aromatic carbocycles. The monoisotopic (exact) mass is 285 g/mol. The first-order valence-electron chi connectivity index (χ1n) is 7.79. The van der Waals surface area contributed by atoms with Gasteiger partial charge in [-0.15, -0.1) is 0 Å². The average Bonchev–Trinajstić information content (AvgIpc) is 3.17. The van der Waals surface area contributed by atoms with Gasteiger partial charge in [0, 0.05) is 30.9 Å². The molecule has 2 fully saturated rings. The van der Waals surface area contributed by atoms with Gasteiger partial charge in [-0.05, 0) is 56.1 Å². The maximum absolute atomic E-state index is 12.2. The molecular formula is C17H23N3O. The minimum absolute atomic E-state index is 0.119. The highest BCUT2D eigenvalue weighted by molar-refractivity contribution is 5.92. The van der Waals surface area contributed by atoms with Gasteiger partial charge in [-0.3, -0.25) is 9.69 Å². The smallest absolute Gasteiger partial charge is 0.246 e. The van der Waals surface area contributed by atoms with Gasteiger partial charge in [-0.25, -0.2) is 0 Å². The van der Waals surface area contributed by atoms with E-state index < -0.39 is 0 Å². The van der Waals surface area contributed by atoms with E-state index in [9.17, 15) is 4.79 Å². The Balaban J connectivity index is 1.55. The topological polar surface area (TPSA) is 49.6 Å². The van der Waals surface area contributed by atoms with Crippen LogP contribution in [-0.2, 0) is 4.79 Å². The molecule has 0 aliphatic carbocycles. The highest BCUT2D eigenvalue weighted by Crippen LogP contribution is 2.20. The fraction of sp³-hybridized carbons (Fsp3) is 0.471. The molecule has 0 spiro atoms. The van der Waals surface area contributed by atoms with E-state index in [1.807, 2.05) is 35.2 Å². The van der Waals surface area contributed by atoms with Gasteiger partial charge in [0.25, 0.3) is 0 Å². The first-order chi connectivity index (χ1) is 10.2. The molecule has 21 heavy (non-hydrogen) atoms. The number of rotatable bonds is 3. The van der Waals surface area contributed by atoms with Crippen molar-refractivity contribution in [3.05, 3.63) is 35.9 Å². The lowest BCUT2D eigenvalue weighted by Gasteiger charge is -2.23. The van der Waals surface area contributed by atoms with Crippen LogP contribution in [0.2, 0.25) is 0 Å². The maximum Gasteiger partial charge on any atom is 0.246 e. The second-order valence-electron chi connectivity index (χ2n) is 5.97. The summed E-state index contributed by atoms with van der Waals surface area (Å²) in [6.07, 6.45) is 7.27. The quantitative estimate of drug-likeness (QED) is 0.682. The molecule has 1 aromatic rings. The summed E-state index contributed by atoms with van der Waals surface area (Å²) in [5.41, 5.74) is 7.40. The van der Waals surface area contributed by atoms with E-state index in [1.165, 1.54) is 25.9 Å². The van der Waals surface area contributed by atoms with E-state index >= 15 is 0 Å². The number of hydrogen-bond acceptors (Lipinski definition) is 3. The molecule has 1 unspecified atom stereocenters. The predicted octanol–water partition coefficient (Wildman–Crippen LogP) is 1.98.